The molecule has 5 heteroatoms. The van der Waals surface area contributed by atoms with Gasteiger partial charge in [-0.1, -0.05) is 66.7 Å². The maximum atomic E-state index is 14.8. The molecule has 0 aliphatic carbocycles. The third kappa shape index (κ3) is 3.05. The minimum atomic E-state index is -3.94. The van der Waals surface area contributed by atoms with Gasteiger partial charge in [0.05, 0.1) is 21.6 Å². The van der Waals surface area contributed by atoms with Gasteiger partial charge in [0, 0.05) is 27.6 Å². The molecule has 7 rings (SSSR count). The molecule has 1 aliphatic rings. The van der Waals surface area contributed by atoms with E-state index in [4.69, 9.17) is 0 Å². The third-order valence-corrected chi connectivity index (χ3v) is 8.01. The molecule has 35 heavy (non-hydrogen) atoms. The fourth-order valence-corrected chi connectivity index (χ4v) is 6.31. The molecule has 1 aliphatic heterocycles. The van der Waals surface area contributed by atoms with E-state index in [1.54, 1.807) is 18.2 Å². The normalized spacial score (nSPS) is 16.6. The van der Waals surface area contributed by atoms with Gasteiger partial charge in [0.15, 0.2) is 0 Å². The lowest BCUT2D eigenvalue weighted by atomic mass is 9.96. The molecule has 0 saturated heterocycles. The molecule has 0 fully saturated rings. The van der Waals surface area contributed by atoms with Gasteiger partial charge in [0.25, 0.3) is 0 Å². The average molecular weight is 475 g/mol. The van der Waals surface area contributed by atoms with Crippen LogP contribution in [0.5, 0.6) is 0 Å². The van der Waals surface area contributed by atoms with Crippen LogP contribution >= 0.6 is 0 Å². The number of benzene rings is 5. The van der Waals surface area contributed by atoms with Crippen LogP contribution in [-0.2, 0) is 10.1 Å². The number of fused-ring (bicyclic) bond motifs is 6. The van der Waals surface area contributed by atoms with Crippen LogP contribution in [-0.4, -0.2) is 8.78 Å². The van der Waals surface area contributed by atoms with Crippen LogP contribution in [0.4, 0.5) is 9.57 Å². The van der Waals surface area contributed by atoms with E-state index in [-0.39, 0.29) is 4.90 Å². The van der Waals surface area contributed by atoms with E-state index in [0.717, 1.165) is 38.8 Å². The minimum absolute atomic E-state index is 0.144. The second kappa shape index (κ2) is 7.39. The fraction of sp³-hybridized carbons (Fsp3) is 0. The minimum Gasteiger partial charge on any atom is -0.309 e. The van der Waals surface area contributed by atoms with Crippen molar-refractivity contribution in [3.05, 3.63) is 115 Å². The summed E-state index contributed by atoms with van der Waals surface area (Å²) in [6.45, 7) is 0. The maximum absolute atomic E-state index is 14.8. The van der Waals surface area contributed by atoms with E-state index in [0.29, 0.717) is 11.3 Å². The molecule has 0 radical (unpaired) electrons. The number of halogens is 1. The molecule has 1 unspecified atom stereocenters. The van der Waals surface area contributed by atoms with Gasteiger partial charge in [-0.2, -0.15) is 4.36 Å². The van der Waals surface area contributed by atoms with E-state index >= 15 is 0 Å². The summed E-state index contributed by atoms with van der Waals surface area (Å²) in [6.07, 6.45) is 0. The highest BCUT2D eigenvalue weighted by Crippen LogP contribution is 2.44. The molecule has 0 amide bonds. The van der Waals surface area contributed by atoms with Gasteiger partial charge in [-0.3, -0.25) is 0 Å². The van der Waals surface area contributed by atoms with Crippen LogP contribution in [0.25, 0.3) is 49.7 Å². The van der Waals surface area contributed by atoms with Crippen molar-refractivity contribution in [3.63, 3.8) is 0 Å². The van der Waals surface area contributed by atoms with Gasteiger partial charge in [-0.15, -0.1) is 3.89 Å². The van der Waals surface area contributed by atoms with Crippen LogP contribution in [0.15, 0.2) is 125 Å². The SMILES string of the molecule is O=S1(F)=Nc2ccc(-c3ccc4c(c3)c3ccccc3n4-c3ccccc3)cc2-c2ccccc21. The molecular weight excluding hydrogens is 455 g/mol. The number of hydrogen-bond acceptors (Lipinski definition) is 2. The van der Waals surface area contributed by atoms with Crippen molar-refractivity contribution in [2.24, 2.45) is 4.36 Å². The Labute approximate surface area is 202 Å². The Balaban J connectivity index is 1.45. The summed E-state index contributed by atoms with van der Waals surface area (Å²) in [5.74, 6) is 0. The second-order valence-electron chi connectivity index (χ2n) is 8.70. The third-order valence-electron chi connectivity index (χ3n) is 6.68. The first-order chi connectivity index (χ1) is 17.1. The number of hydrogen-bond donors (Lipinski definition) is 0. The van der Waals surface area contributed by atoms with E-state index in [2.05, 4.69) is 75.7 Å². The van der Waals surface area contributed by atoms with Crippen molar-refractivity contribution in [2.45, 2.75) is 4.90 Å². The smallest absolute Gasteiger partial charge is 0.236 e. The van der Waals surface area contributed by atoms with E-state index in [9.17, 15) is 8.09 Å². The average Bonchev–Trinajstić information content (AvgIpc) is 3.23. The van der Waals surface area contributed by atoms with Crippen LogP contribution in [0.3, 0.4) is 0 Å². The summed E-state index contributed by atoms with van der Waals surface area (Å²) in [5, 5.41) is 2.35. The zero-order valence-electron chi connectivity index (χ0n) is 18.6. The standard InChI is InChI=1S/C30H19FN2OS/c31-35(34)30-13-7-5-11-24(30)25-18-20(14-16-27(25)32-35)21-15-17-29-26(19-21)23-10-4-6-12-28(23)33(29)22-8-2-1-3-9-22/h1-19H. The van der Waals surface area contributed by atoms with E-state index in [1.165, 1.54) is 5.39 Å². The highest BCUT2D eigenvalue weighted by molar-refractivity contribution is 7.89. The molecule has 1 aromatic heterocycles. The zero-order chi connectivity index (χ0) is 23.6. The molecule has 0 spiro atoms. The Morgan fingerprint density at radius 1 is 0.629 bits per heavy atom. The van der Waals surface area contributed by atoms with Gasteiger partial charge >= 0.3 is 0 Å². The molecular formula is C30H19FN2OS. The summed E-state index contributed by atoms with van der Waals surface area (Å²) in [6, 6.07) is 37.9. The molecule has 6 aromatic rings. The van der Waals surface area contributed by atoms with Crippen LogP contribution in [0.2, 0.25) is 0 Å². The summed E-state index contributed by atoms with van der Waals surface area (Å²) < 4.78 is 33.5. The van der Waals surface area contributed by atoms with Gasteiger partial charge in [-0.05, 0) is 59.7 Å². The topological polar surface area (TPSA) is 34.4 Å². The lowest BCUT2D eigenvalue weighted by molar-refractivity contribution is 0.638. The van der Waals surface area contributed by atoms with Crippen molar-refractivity contribution in [1.82, 2.24) is 4.57 Å². The van der Waals surface area contributed by atoms with Crippen molar-refractivity contribution >= 4 is 37.6 Å². The molecule has 2 heterocycles. The lowest BCUT2D eigenvalue weighted by Gasteiger charge is -2.17. The zero-order valence-corrected chi connectivity index (χ0v) is 19.4. The summed E-state index contributed by atoms with van der Waals surface area (Å²) >= 11 is 0. The first-order valence-electron chi connectivity index (χ1n) is 11.4. The highest BCUT2D eigenvalue weighted by Gasteiger charge is 2.24. The van der Waals surface area contributed by atoms with Gasteiger partial charge in [0.2, 0.25) is 10.1 Å². The Kier molecular flexibility index (Phi) is 4.26. The van der Waals surface area contributed by atoms with Crippen molar-refractivity contribution in [3.8, 4) is 27.9 Å². The van der Waals surface area contributed by atoms with Crippen LogP contribution in [0.1, 0.15) is 0 Å². The number of nitrogens with zero attached hydrogens (tertiary/aromatic N) is 2. The summed E-state index contributed by atoms with van der Waals surface area (Å²) in [5.41, 5.74) is 7.31. The van der Waals surface area contributed by atoms with Crippen molar-refractivity contribution < 1.29 is 8.09 Å². The van der Waals surface area contributed by atoms with Gasteiger partial charge in [-0.25, -0.2) is 4.21 Å². The highest BCUT2D eigenvalue weighted by atomic mass is 32.3. The van der Waals surface area contributed by atoms with Gasteiger partial charge in [0.1, 0.15) is 0 Å². The maximum Gasteiger partial charge on any atom is 0.236 e. The quantitative estimate of drug-likeness (QED) is 0.232. The Hall–Kier alpha value is -4.22. The number of rotatable bonds is 2. The molecule has 5 aromatic carbocycles. The second-order valence-corrected chi connectivity index (χ2v) is 10.2. The Bertz CT molecular complexity index is 1910. The summed E-state index contributed by atoms with van der Waals surface area (Å²) in [4.78, 5) is 0.144. The summed E-state index contributed by atoms with van der Waals surface area (Å²) in [7, 11) is -3.94. The van der Waals surface area contributed by atoms with Crippen molar-refractivity contribution in [1.29, 1.82) is 0 Å². The Morgan fingerprint density at radius 2 is 1.31 bits per heavy atom. The monoisotopic (exact) mass is 474 g/mol. The largest absolute Gasteiger partial charge is 0.309 e. The predicted molar refractivity (Wildman–Crippen MR) is 141 cm³/mol. The van der Waals surface area contributed by atoms with Crippen molar-refractivity contribution in [2.75, 3.05) is 0 Å². The molecule has 1 atom stereocenters. The first-order valence-corrected chi connectivity index (χ1v) is 12.8. The molecule has 3 nitrogen and oxygen atoms in total. The fourth-order valence-electron chi connectivity index (χ4n) is 5.10. The molecule has 168 valence electrons. The molecule has 0 saturated carbocycles. The van der Waals surface area contributed by atoms with E-state index < -0.39 is 10.1 Å². The van der Waals surface area contributed by atoms with E-state index in [1.807, 2.05) is 30.3 Å². The van der Waals surface area contributed by atoms with Gasteiger partial charge < -0.3 is 4.57 Å². The molecule has 0 N–H and O–H groups in total. The predicted octanol–water partition coefficient (Wildman–Crippen LogP) is 8.47. The first kappa shape index (κ1) is 20.2. The molecule has 0 bridgehead atoms. The number of aromatic nitrogens is 1. The number of para-hydroxylation sites is 2. The van der Waals surface area contributed by atoms with Crippen LogP contribution < -0.4 is 0 Å². The van der Waals surface area contributed by atoms with Crippen LogP contribution in [0, 0.1) is 0 Å². The lowest BCUT2D eigenvalue weighted by Crippen LogP contribution is -2.00. The Morgan fingerprint density at radius 3 is 2.20 bits per heavy atom.